The molecule has 4 nitrogen and oxygen atoms in total. The van der Waals surface area contributed by atoms with Gasteiger partial charge in [0.2, 0.25) is 0 Å². The van der Waals surface area contributed by atoms with Crippen molar-refractivity contribution in [3.8, 4) is 5.75 Å². The first-order chi connectivity index (χ1) is 12.2. The first-order valence-electron chi connectivity index (χ1n) is 8.18. The Bertz CT molecular complexity index is 784. The molecule has 3 rings (SSSR count). The molecule has 130 valence electrons. The lowest BCUT2D eigenvalue weighted by molar-refractivity contribution is -0.122. The van der Waals surface area contributed by atoms with Crippen LogP contribution in [-0.4, -0.2) is 21.7 Å². The van der Waals surface area contributed by atoms with E-state index in [1.165, 1.54) is 11.8 Å². The van der Waals surface area contributed by atoms with Crippen molar-refractivity contribution in [2.24, 2.45) is 0 Å². The quantitative estimate of drug-likeness (QED) is 0.394. The molecule has 0 bridgehead atoms. The molecular weight excluding hydrogens is 354 g/mol. The Kier molecular flexibility index (Phi) is 5.94. The van der Waals surface area contributed by atoms with Crippen LogP contribution in [0.5, 0.6) is 5.75 Å². The topological polar surface area (TPSA) is 42.7 Å². The molecule has 25 heavy (non-hydrogen) atoms. The van der Waals surface area contributed by atoms with Crippen molar-refractivity contribution in [2.45, 2.75) is 26.3 Å². The molecule has 0 unspecified atom stereocenters. The summed E-state index contributed by atoms with van der Waals surface area (Å²) in [6.45, 7) is 3.14. The van der Waals surface area contributed by atoms with Crippen molar-refractivity contribution in [2.75, 3.05) is 6.61 Å². The zero-order valence-corrected chi connectivity index (χ0v) is 15.6. The molecule has 1 aliphatic heterocycles. The average Bonchev–Trinajstić information content (AvgIpc) is 3.21. The summed E-state index contributed by atoms with van der Waals surface area (Å²) in [5.41, 5.74) is 0.886. The number of ether oxygens (including phenoxy) is 1. The fraction of sp³-hybridized carbons (Fsp3) is 0.263. The summed E-state index contributed by atoms with van der Waals surface area (Å²) in [5.74, 6) is 1.39. The van der Waals surface area contributed by atoms with E-state index in [9.17, 15) is 4.79 Å². The number of thioether (sulfide) groups is 1. The average molecular weight is 373 g/mol. The first-order valence-corrected chi connectivity index (χ1v) is 9.41. The van der Waals surface area contributed by atoms with Crippen molar-refractivity contribution in [1.82, 2.24) is 4.90 Å². The molecule has 1 saturated heterocycles. The van der Waals surface area contributed by atoms with Crippen molar-refractivity contribution in [1.29, 1.82) is 0 Å². The van der Waals surface area contributed by atoms with Gasteiger partial charge in [0.05, 0.1) is 24.3 Å². The molecule has 6 heteroatoms. The van der Waals surface area contributed by atoms with Crippen LogP contribution in [0.4, 0.5) is 0 Å². The Balaban J connectivity index is 1.78. The summed E-state index contributed by atoms with van der Waals surface area (Å²) in [4.78, 5) is 14.8. The van der Waals surface area contributed by atoms with Crippen molar-refractivity contribution in [3.63, 3.8) is 0 Å². The van der Waals surface area contributed by atoms with Crippen LogP contribution in [0.25, 0.3) is 6.08 Å². The van der Waals surface area contributed by atoms with E-state index in [1.807, 2.05) is 36.4 Å². The van der Waals surface area contributed by atoms with Gasteiger partial charge in [-0.2, -0.15) is 0 Å². The summed E-state index contributed by atoms with van der Waals surface area (Å²) < 4.78 is 11.7. The third kappa shape index (κ3) is 4.32. The van der Waals surface area contributed by atoms with Crippen LogP contribution in [-0.2, 0) is 11.3 Å². The van der Waals surface area contributed by atoms with Crippen LogP contribution in [0.15, 0.2) is 52.0 Å². The van der Waals surface area contributed by atoms with E-state index in [-0.39, 0.29) is 5.91 Å². The van der Waals surface area contributed by atoms with E-state index in [0.29, 0.717) is 28.1 Å². The Hall–Kier alpha value is -2.05. The molecular formula is C19H19NO3S2. The summed E-state index contributed by atoms with van der Waals surface area (Å²) in [6, 6.07) is 11.4. The molecule has 0 aliphatic carbocycles. The van der Waals surface area contributed by atoms with Gasteiger partial charge in [-0.1, -0.05) is 55.5 Å². The molecule has 1 aromatic heterocycles. The fourth-order valence-corrected chi connectivity index (χ4v) is 3.64. The van der Waals surface area contributed by atoms with Gasteiger partial charge in [-0.05, 0) is 30.7 Å². The van der Waals surface area contributed by atoms with Crippen molar-refractivity contribution in [3.05, 3.63) is 58.9 Å². The number of carbonyl (C=O) groups is 1. The van der Waals surface area contributed by atoms with Crippen LogP contribution in [0.2, 0.25) is 0 Å². The van der Waals surface area contributed by atoms with E-state index in [2.05, 4.69) is 6.92 Å². The second-order valence-electron chi connectivity index (χ2n) is 5.59. The molecule has 2 aromatic rings. The number of furan rings is 1. The number of hydrogen-bond donors (Lipinski definition) is 0. The van der Waals surface area contributed by atoms with Gasteiger partial charge in [-0.25, -0.2) is 0 Å². The lowest BCUT2D eigenvalue weighted by Gasteiger charge is -2.12. The molecule has 0 saturated carbocycles. The van der Waals surface area contributed by atoms with E-state index in [0.717, 1.165) is 24.2 Å². The third-order valence-corrected chi connectivity index (χ3v) is 5.11. The zero-order chi connectivity index (χ0) is 17.6. The molecule has 1 aromatic carbocycles. The van der Waals surface area contributed by atoms with Gasteiger partial charge in [-0.3, -0.25) is 9.69 Å². The Morgan fingerprint density at radius 3 is 2.88 bits per heavy atom. The summed E-state index contributed by atoms with van der Waals surface area (Å²) in [6.07, 6.45) is 5.52. The molecule has 2 heterocycles. The Morgan fingerprint density at radius 1 is 1.28 bits per heavy atom. The number of rotatable bonds is 7. The van der Waals surface area contributed by atoms with E-state index < -0.39 is 0 Å². The maximum Gasteiger partial charge on any atom is 0.266 e. The van der Waals surface area contributed by atoms with E-state index in [4.69, 9.17) is 21.4 Å². The highest BCUT2D eigenvalue weighted by Gasteiger charge is 2.32. The Morgan fingerprint density at radius 2 is 2.12 bits per heavy atom. The number of thiocarbonyl (C=S) groups is 1. The second-order valence-corrected chi connectivity index (χ2v) is 7.26. The lowest BCUT2D eigenvalue weighted by Crippen LogP contribution is -2.27. The summed E-state index contributed by atoms with van der Waals surface area (Å²) >= 11 is 6.66. The smallest absolute Gasteiger partial charge is 0.266 e. The standard InChI is InChI=1S/C19H19NO3S2/c1-2-3-10-23-16-9-5-4-7-14(16)12-17-18(21)20(19(24)25-17)13-15-8-6-11-22-15/h4-9,11-12H,2-3,10,13H2,1H3/b17-12-. The maximum absolute atomic E-state index is 12.7. The number of nitrogens with zero attached hydrogens (tertiary/aromatic N) is 1. The monoisotopic (exact) mass is 373 g/mol. The zero-order valence-electron chi connectivity index (χ0n) is 13.9. The molecule has 0 radical (unpaired) electrons. The van der Waals surface area contributed by atoms with Gasteiger partial charge in [0, 0.05) is 5.56 Å². The highest BCUT2D eigenvalue weighted by molar-refractivity contribution is 8.26. The largest absolute Gasteiger partial charge is 0.493 e. The first kappa shape index (κ1) is 17.8. The van der Waals surface area contributed by atoms with Crippen LogP contribution >= 0.6 is 24.0 Å². The van der Waals surface area contributed by atoms with Crippen LogP contribution in [0.1, 0.15) is 31.1 Å². The molecule has 1 fully saturated rings. The van der Waals surface area contributed by atoms with Gasteiger partial charge in [-0.15, -0.1) is 0 Å². The summed E-state index contributed by atoms with van der Waals surface area (Å²) in [7, 11) is 0. The predicted octanol–water partition coefficient (Wildman–Crippen LogP) is 4.86. The maximum atomic E-state index is 12.7. The van der Waals surface area contributed by atoms with Crippen molar-refractivity contribution < 1.29 is 13.9 Å². The minimum Gasteiger partial charge on any atom is -0.493 e. The van der Waals surface area contributed by atoms with Crippen LogP contribution < -0.4 is 4.74 Å². The lowest BCUT2D eigenvalue weighted by atomic mass is 10.2. The van der Waals surface area contributed by atoms with Gasteiger partial charge >= 0.3 is 0 Å². The van der Waals surface area contributed by atoms with Gasteiger partial charge in [0.1, 0.15) is 15.8 Å². The highest BCUT2D eigenvalue weighted by Crippen LogP contribution is 2.35. The van der Waals surface area contributed by atoms with Crippen LogP contribution in [0.3, 0.4) is 0 Å². The minimum absolute atomic E-state index is 0.102. The number of carbonyl (C=O) groups excluding carboxylic acids is 1. The molecule has 1 amide bonds. The predicted molar refractivity (Wildman–Crippen MR) is 104 cm³/mol. The van der Waals surface area contributed by atoms with Gasteiger partial charge in [0.15, 0.2) is 0 Å². The van der Waals surface area contributed by atoms with E-state index in [1.54, 1.807) is 17.2 Å². The summed E-state index contributed by atoms with van der Waals surface area (Å²) in [5, 5.41) is 0. The van der Waals surface area contributed by atoms with Gasteiger partial charge < -0.3 is 9.15 Å². The van der Waals surface area contributed by atoms with Crippen molar-refractivity contribution >= 4 is 40.3 Å². The number of para-hydroxylation sites is 1. The molecule has 0 atom stereocenters. The number of hydrogen-bond acceptors (Lipinski definition) is 5. The molecule has 0 N–H and O–H groups in total. The Labute approximate surface area is 156 Å². The number of amides is 1. The third-order valence-electron chi connectivity index (χ3n) is 3.73. The SMILES string of the molecule is CCCCOc1ccccc1/C=C1\SC(=S)N(Cc2ccco2)C1=O. The fourth-order valence-electron chi connectivity index (χ4n) is 2.39. The second kappa shape index (κ2) is 8.36. The van der Waals surface area contributed by atoms with E-state index >= 15 is 0 Å². The van der Waals surface area contributed by atoms with Gasteiger partial charge in [0.25, 0.3) is 5.91 Å². The normalized spacial score (nSPS) is 16.0. The van der Waals surface area contributed by atoms with Crippen LogP contribution in [0, 0.1) is 0 Å². The highest BCUT2D eigenvalue weighted by atomic mass is 32.2. The minimum atomic E-state index is -0.102. The molecule has 1 aliphatic rings. The number of unbranched alkanes of at least 4 members (excludes halogenated alkanes) is 1. The number of benzene rings is 1. The molecule has 0 spiro atoms.